The Balaban J connectivity index is 1.81. The summed E-state index contributed by atoms with van der Waals surface area (Å²) < 4.78 is 2.47. The Bertz CT molecular complexity index is 658. The van der Waals surface area contributed by atoms with Gasteiger partial charge in [-0.05, 0) is 57.3 Å². The van der Waals surface area contributed by atoms with Gasteiger partial charge in [0.05, 0.1) is 6.17 Å². The van der Waals surface area contributed by atoms with Gasteiger partial charge in [0.1, 0.15) is 11.3 Å². The smallest absolute Gasteiger partial charge is 0.161 e. The fourth-order valence-electron chi connectivity index (χ4n) is 4.24. The molecule has 0 radical (unpaired) electrons. The van der Waals surface area contributed by atoms with Gasteiger partial charge in [-0.25, -0.2) is 9.97 Å². The van der Waals surface area contributed by atoms with E-state index in [-0.39, 0.29) is 0 Å². The van der Waals surface area contributed by atoms with Gasteiger partial charge in [0.25, 0.3) is 0 Å². The third kappa shape index (κ3) is 2.76. The summed E-state index contributed by atoms with van der Waals surface area (Å²) in [5.74, 6) is 1.76. The second-order valence-electron chi connectivity index (χ2n) is 6.83. The third-order valence-electron chi connectivity index (χ3n) is 5.42. The van der Waals surface area contributed by atoms with E-state index in [0.717, 1.165) is 30.8 Å². The van der Waals surface area contributed by atoms with Crippen molar-refractivity contribution in [3.05, 3.63) is 24.2 Å². The summed E-state index contributed by atoms with van der Waals surface area (Å²) in [4.78, 5) is 12.3. The van der Waals surface area contributed by atoms with Crippen LogP contribution in [0, 0.1) is 0 Å². The maximum absolute atomic E-state index is 5.01. The topological polar surface area (TPSA) is 46.0 Å². The molecule has 0 aliphatic carbocycles. The van der Waals surface area contributed by atoms with E-state index in [1.165, 1.54) is 44.5 Å². The highest BCUT2D eigenvalue weighted by molar-refractivity contribution is 5.71. The highest BCUT2D eigenvalue weighted by Gasteiger charge is 2.30. The molecule has 0 aromatic carbocycles. The van der Waals surface area contributed by atoms with E-state index in [4.69, 9.17) is 9.97 Å². The van der Waals surface area contributed by atoms with Crippen LogP contribution in [-0.2, 0) is 0 Å². The number of imidazole rings is 1. The summed E-state index contributed by atoms with van der Waals surface area (Å²) in [6.45, 7) is 6.74. The zero-order valence-corrected chi connectivity index (χ0v) is 14.0. The van der Waals surface area contributed by atoms with Crippen LogP contribution in [0.15, 0.2) is 18.3 Å². The number of likely N-dealkylation sites (tertiary alicyclic amines) is 1. The molecular formula is C18H27N5. The molecule has 5 nitrogen and oxygen atoms in total. The van der Waals surface area contributed by atoms with Crippen molar-refractivity contribution in [3.63, 3.8) is 0 Å². The van der Waals surface area contributed by atoms with Crippen LogP contribution < -0.4 is 5.32 Å². The Labute approximate surface area is 138 Å². The van der Waals surface area contributed by atoms with Crippen LogP contribution in [-0.4, -0.2) is 45.6 Å². The Morgan fingerprint density at radius 1 is 1.26 bits per heavy atom. The second-order valence-corrected chi connectivity index (χ2v) is 6.83. The lowest BCUT2D eigenvalue weighted by molar-refractivity contribution is 0.101. The third-order valence-corrected chi connectivity index (χ3v) is 5.42. The summed E-state index contributed by atoms with van der Waals surface area (Å²) >= 11 is 0. The molecule has 124 valence electrons. The van der Waals surface area contributed by atoms with Crippen LogP contribution in [0.1, 0.15) is 56.9 Å². The fourth-order valence-corrected chi connectivity index (χ4v) is 4.24. The number of nitrogens with one attached hydrogen (secondary N) is 1. The minimum Gasteiger partial charge on any atom is -0.316 e. The molecule has 2 aromatic heterocycles. The average molecular weight is 313 g/mol. The molecule has 2 unspecified atom stereocenters. The molecule has 0 spiro atoms. The first kappa shape index (κ1) is 15.1. The van der Waals surface area contributed by atoms with Crippen molar-refractivity contribution in [1.82, 2.24) is 24.8 Å². The van der Waals surface area contributed by atoms with E-state index in [9.17, 15) is 0 Å². The molecule has 2 fully saturated rings. The number of hydrogen-bond donors (Lipinski definition) is 1. The second kappa shape index (κ2) is 6.57. The maximum atomic E-state index is 5.01. The highest BCUT2D eigenvalue weighted by atomic mass is 15.3. The van der Waals surface area contributed by atoms with Gasteiger partial charge in [-0.2, -0.15) is 0 Å². The Kier molecular flexibility index (Phi) is 4.31. The van der Waals surface area contributed by atoms with Gasteiger partial charge in [0, 0.05) is 25.2 Å². The van der Waals surface area contributed by atoms with Crippen LogP contribution in [0.4, 0.5) is 0 Å². The number of nitrogens with zero attached hydrogens (tertiary/aromatic N) is 4. The van der Waals surface area contributed by atoms with Crippen LogP contribution >= 0.6 is 0 Å². The molecular weight excluding hydrogens is 286 g/mol. The Morgan fingerprint density at radius 3 is 3.04 bits per heavy atom. The zero-order valence-electron chi connectivity index (χ0n) is 14.0. The van der Waals surface area contributed by atoms with Crippen LogP contribution in [0.25, 0.3) is 11.2 Å². The standard InChI is InChI=1S/C18H27N5/c1-2-22-12-4-3-9-16(22)23-17(14-7-5-10-19-13-14)21-15-8-6-11-20-18(15)23/h6,8,11,14,16,19H,2-5,7,9-10,12-13H2,1H3. The normalized spacial score (nSPS) is 26.7. The zero-order chi connectivity index (χ0) is 15.6. The number of aromatic nitrogens is 3. The van der Waals surface area contributed by atoms with Gasteiger partial charge in [0.2, 0.25) is 0 Å². The van der Waals surface area contributed by atoms with Crippen molar-refractivity contribution in [3.8, 4) is 0 Å². The lowest BCUT2D eigenvalue weighted by atomic mass is 9.98. The molecule has 0 bridgehead atoms. The number of fused-ring (bicyclic) bond motifs is 1. The van der Waals surface area contributed by atoms with E-state index < -0.39 is 0 Å². The number of pyridine rings is 1. The van der Waals surface area contributed by atoms with Crippen LogP contribution in [0.2, 0.25) is 0 Å². The van der Waals surface area contributed by atoms with E-state index in [0.29, 0.717) is 12.1 Å². The van der Waals surface area contributed by atoms with E-state index in [1.54, 1.807) is 0 Å². The lowest BCUT2D eigenvalue weighted by Gasteiger charge is -2.37. The quantitative estimate of drug-likeness (QED) is 0.946. The first-order valence-corrected chi connectivity index (χ1v) is 9.16. The van der Waals surface area contributed by atoms with Crippen molar-refractivity contribution in [1.29, 1.82) is 0 Å². The largest absolute Gasteiger partial charge is 0.316 e. The minimum absolute atomic E-state index is 0.422. The van der Waals surface area contributed by atoms with Crippen molar-refractivity contribution >= 4 is 11.2 Å². The summed E-state index contributed by atoms with van der Waals surface area (Å²) in [5.41, 5.74) is 2.12. The monoisotopic (exact) mass is 313 g/mol. The lowest BCUT2D eigenvalue weighted by Crippen LogP contribution is -2.38. The SMILES string of the molecule is CCN1CCCCC1n1c(C2CCCNC2)nc2cccnc21. The minimum atomic E-state index is 0.422. The molecule has 0 amide bonds. The van der Waals surface area contributed by atoms with Crippen LogP contribution in [0.3, 0.4) is 0 Å². The van der Waals surface area contributed by atoms with Crippen molar-refractivity contribution in [2.45, 2.75) is 51.1 Å². The van der Waals surface area contributed by atoms with Gasteiger partial charge >= 0.3 is 0 Å². The van der Waals surface area contributed by atoms with E-state index in [1.807, 2.05) is 12.3 Å². The highest BCUT2D eigenvalue weighted by Crippen LogP contribution is 2.34. The van der Waals surface area contributed by atoms with E-state index in [2.05, 4.69) is 27.8 Å². The molecule has 0 saturated carbocycles. The first-order valence-electron chi connectivity index (χ1n) is 9.16. The maximum Gasteiger partial charge on any atom is 0.161 e. The predicted molar refractivity (Wildman–Crippen MR) is 92.5 cm³/mol. The van der Waals surface area contributed by atoms with Crippen molar-refractivity contribution < 1.29 is 0 Å². The molecule has 2 saturated heterocycles. The average Bonchev–Trinajstić information content (AvgIpc) is 3.02. The van der Waals surface area contributed by atoms with Gasteiger partial charge in [-0.1, -0.05) is 6.92 Å². The van der Waals surface area contributed by atoms with Gasteiger partial charge in [-0.15, -0.1) is 0 Å². The molecule has 4 rings (SSSR count). The van der Waals surface area contributed by atoms with Crippen molar-refractivity contribution in [2.24, 2.45) is 0 Å². The molecule has 2 aromatic rings. The number of piperidine rings is 2. The summed E-state index contributed by atoms with van der Waals surface area (Å²) in [5, 5.41) is 3.55. The predicted octanol–water partition coefficient (Wildman–Crippen LogP) is 2.90. The van der Waals surface area contributed by atoms with Gasteiger partial charge in [-0.3, -0.25) is 9.47 Å². The van der Waals surface area contributed by atoms with Crippen LogP contribution in [0.5, 0.6) is 0 Å². The first-order chi connectivity index (χ1) is 11.4. The molecule has 5 heteroatoms. The summed E-state index contributed by atoms with van der Waals surface area (Å²) in [6.07, 6.45) is 8.62. The number of hydrogen-bond acceptors (Lipinski definition) is 4. The number of rotatable bonds is 3. The summed E-state index contributed by atoms with van der Waals surface area (Å²) in [7, 11) is 0. The molecule has 1 N–H and O–H groups in total. The summed E-state index contributed by atoms with van der Waals surface area (Å²) in [6, 6.07) is 4.11. The van der Waals surface area contributed by atoms with E-state index >= 15 is 0 Å². The van der Waals surface area contributed by atoms with Gasteiger partial charge < -0.3 is 5.32 Å². The van der Waals surface area contributed by atoms with Gasteiger partial charge in [0.15, 0.2) is 5.65 Å². The Morgan fingerprint density at radius 2 is 2.22 bits per heavy atom. The molecule has 2 aliphatic rings. The Hall–Kier alpha value is -1.46. The fraction of sp³-hybridized carbons (Fsp3) is 0.667. The molecule has 2 aliphatic heterocycles. The molecule has 23 heavy (non-hydrogen) atoms. The van der Waals surface area contributed by atoms with Crippen molar-refractivity contribution in [2.75, 3.05) is 26.2 Å². The molecule has 4 heterocycles. The molecule has 2 atom stereocenters.